The minimum absolute atomic E-state index is 0.0313. The van der Waals surface area contributed by atoms with Gasteiger partial charge in [-0.25, -0.2) is 4.79 Å². The summed E-state index contributed by atoms with van der Waals surface area (Å²) in [6.45, 7) is -0.392. The molecule has 0 bridgehead atoms. The Kier molecular flexibility index (Phi) is 4.81. The molecule has 0 spiro atoms. The lowest BCUT2D eigenvalue weighted by Crippen LogP contribution is -2.31. The smallest absolute Gasteiger partial charge is 0.338 e. The fourth-order valence-corrected chi connectivity index (χ4v) is 3.46. The minimum atomic E-state index is -0.652. The Balaban J connectivity index is 1.61. The first-order chi connectivity index (χ1) is 13.6. The van der Waals surface area contributed by atoms with Gasteiger partial charge in [0.25, 0.3) is 5.91 Å². The fourth-order valence-electron chi connectivity index (χ4n) is 3.46. The van der Waals surface area contributed by atoms with E-state index in [9.17, 15) is 14.7 Å². The first-order valence-corrected chi connectivity index (χ1v) is 9.08. The molecule has 0 unspecified atom stereocenters. The molecule has 1 aliphatic heterocycles. The lowest BCUT2D eigenvalue weighted by atomic mass is 10.0. The van der Waals surface area contributed by atoms with Crippen molar-refractivity contribution in [1.29, 1.82) is 0 Å². The van der Waals surface area contributed by atoms with E-state index in [2.05, 4.69) is 0 Å². The number of nitrogens with zero attached hydrogens (tertiary/aromatic N) is 1. The third-order valence-corrected chi connectivity index (χ3v) is 4.79. The van der Waals surface area contributed by atoms with E-state index in [0.29, 0.717) is 0 Å². The summed E-state index contributed by atoms with van der Waals surface area (Å²) in [6, 6.07) is 21.4. The monoisotopic (exact) mass is 373 g/mol. The zero-order valence-electron chi connectivity index (χ0n) is 15.2. The van der Waals surface area contributed by atoms with Gasteiger partial charge in [0.1, 0.15) is 5.75 Å². The van der Waals surface area contributed by atoms with Gasteiger partial charge in [-0.2, -0.15) is 0 Å². The summed E-state index contributed by atoms with van der Waals surface area (Å²) in [6.07, 6.45) is 1.67. The third kappa shape index (κ3) is 3.47. The first kappa shape index (κ1) is 17.8. The average Bonchev–Trinajstić information content (AvgIpc) is 2.88. The molecular weight excluding hydrogens is 354 g/mol. The van der Waals surface area contributed by atoms with Gasteiger partial charge in [-0.3, -0.25) is 9.69 Å². The lowest BCUT2D eigenvalue weighted by Gasteiger charge is -2.24. The molecule has 0 fully saturated rings. The summed E-state index contributed by atoms with van der Waals surface area (Å²) in [5, 5.41) is 9.51. The van der Waals surface area contributed by atoms with Crippen LogP contribution >= 0.6 is 0 Å². The van der Waals surface area contributed by atoms with Crippen LogP contribution in [-0.4, -0.2) is 23.6 Å². The first-order valence-electron chi connectivity index (χ1n) is 9.08. The molecule has 1 aliphatic rings. The molecule has 5 heteroatoms. The fraction of sp³-hybridized carbons (Fsp3) is 0.130. The van der Waals surface area contributed by atoms with E-state index in [1.165, 1.54) is 18.2 Å². The Morgan fingerprint density at radius 1 is 0.857 bits per heavy atom. The third-order valence-electron chi connectivity index (χ3n) is 4.79. The van der Waals surface area contributed by atoms with Gasteiger partial charge in [0.2, 0.25) is 0 Å². The topological polar surface area (TPSA) is 66.8 Å². The Labute approximate surface area is 162 Å². The number of carbonyl (C=O) groups is 2. The van der Waals surface area contributed by atoms with E-state index in [4.69, 9.17) is 4.74 Å². The van der Waals surface area contributed by atoms with Crippen molar-refractivity contribution in [3.05, 3.63) is 89.5 Å². The zero-order chi connectivity index (χ0) is 19.5. The van der Waals surface area contributed by atoms with Gasteiger partial charge < -0.3 is 9.84 Å². The van der Waals surface area contributed by atoms with Crippen LogP contribution in [0.25, 0.3) is 0 Å². The van der Waals surface area contributed by atoms with Crippen LogP contribution in [0.4, 0.5) is 11.4 Å². The molecule has 1 heterocycles. The molecule has 0 saturated carbocycles. The highest BCUT2D eigenvalue weighted by Gasteiger charge is 2.26. The van der Waals surface area contributed by atoms with Crippen molar-refractivity contribution in [2.24, 2.45) is 0 Å². The Hall–Kier alpha value is -3.60. The molecule has 0 aromatic heterocycles. The van der Waals surface area contributed by atoms with Crippen LogP contribution in [-0.2, 0) is 22.4 Å². The van der Waals surface area contributed by atoms with Gasteiger partial charge in [0.05, 0.1) is 16.9 Å². The number of aromatic hydroxyl groups is 1. The van der Waals surface area contributed by atoms with E-state index in [1.807, 2.05) is 48.5 Å². The van der Waals surface area contributed by atoms with Gasteiger partial charge >= 0.3 is 5.97 Å². The highest BCUT2D eigenvalue weighted by molar-refractivity contribution is 6.04. The van der Waals surface area contributed by atoms with Crippen molar-refractivity contribution in [3.63, 3.8) is 0 Å². The number of aryl methyl sites for hydroxylation is 2. The standard InChI is InChI=1S/C23H19NO4/c25-19-9-5-8-18(14-19)23(27)28-15-22(26)24-20-10-3-1-6-16(20)12-13-17-7-2-4-11-21(17)24/h1-11,14,25H,12-13,15H2. The molecule has 0 aliphatic carbocycles. The Bertz CT molecular complexity index is 997. The van der Waals surface area contributed by atoms with E-state index >= 15 is 0 Å². The van der Waals surface area contributed by atoms with Gasteiger partial charge in [0.15, 0.2) is 6.61 Å². The van der Waals surface area contributed by atoms with Crippen LogP contribution in [0.2, 0.25) is 0 Å². The second-order valence-electron chi connectivity index (χ2n) is 6.61. The summed E-state index contributed by atoms with van der Waals surface area (Å²) in [5.41, 5.74) is 3.97. The summed E-state index contributed by atoms with van der Waals surface area (Å²) < 4.78 is 5.23. The molecule has 140 valence electrons. The number of amides is 1. The summed E-state index contributed by atoms with van der Waals surface area (Å²) in [5.74, 6) is -1.01. The molecule has 0 saturated heterocycles. The van der Waals surface area contributed by atoms with E-state index in [-0.39, 0.29) is 17.2 Å². The maximum absolute atomic E-state index is 13.1. The second kappa shape index (κ2) is 7.56. The lowest BCUT2D eigenvalue weighted by molar-refractivity contribution is -0.120. The molecule has 0 atom stereocenters. The molecule has 1 amide bonds. The molecule has 0 radical (unpaired) electrons. The van der Waals surface area contributed by atoms with Crippen molar-refractivity contribution in [2.75, 3.05) is 11.5 Å². The predicted molar refractivity (Wildman–Crippen MR) is 106 cm³/mol. The molecule has 3 aromatic carbocycles. The molecule has 3 aromatic rings. The number of hydrogen-bond donors (Lipinski definition) is 1. The number of phenols is 1. The minimum Gasteiger partial charge on any atom is -0.508 e. The summed E-state index contributed by atoms with van der Waals surface area (Å²) >= 11 is 0. The van der Waals surface area contributed by atoms with Gasteiger partial charge in [-0.15, -0.1) is 0 Å². The van der Waals surface area contributed by atoms with E-state index < -0.39 is 12.6 Å². The molecule has 5 nitrogen and oxygen atoms in total. The van der Waals surface area contributed by atoms with Crippen LogP contribution in [0.3, 0.4) is 0 Å². The molecule has 28 heavy (non-hydrogen) atoms. The molecule has 4 rings (SSSR count). The SMILES string of the molecule is O=C(OCC(=O)N1c2ccccc2CCc2ccccc21)c1cccc(O)c1. The van der Waals surface area contributed by atoms with Gasteiger partial charge in [-0.05, 0) is 54.3 Å². The van der Waals surface area contributed by atoms with Gasteiger partial charge in [-0.1, -0.05) is 42.5 Å². The number of ether oxygens (including phenoxy) is 1. The van der Waals surface area contributed by atoms with Crippen LogP contribution in [0, 0.1) is 0 Å². The van der Waals surface area contributed by atoms with Crippen LogP contribution in [0.15, 0.2) is 72.8 Å². The maximum atomic E-state index is 13.1. The van der Waals surface area contributed by atoms with Gasteiger partial charge in [0, 0.05) is 0 Å². The highest BCUT2D eigenvalue weighted by Crippen LogP contribution is 2.36. The van der Waals surface area contributed by atoms with E-state index in [0.717, 1.165) is 35.3 Å². The number of rotatable bonds is 3. The zero-order valence-corrected chi connectivity index (χ0v) is 15.2. The van der Waals surface area contributed by atoms with Crippen molar-refractivity contribution in [1.82, 2.24) is 0 Å². The van der Waals surface area contributed by atoms with E-state index in [1.54, 1.807) is 11.0 Å². The Morgan fingerprint density at radius 3 is 2.07 bits per heavy atom. The number of fused-ring (bicyclic) bond motifs is 2. The van der Waals surface area contributed by atoms with Crippen molar-refractivity contribution in [2.45, 2.75) is 12.8 Å². The number of benzene rings is 3. The van der Waals surface area contributed by atoms with Crippen LogP contribution in [0.1, 0.15) is 21.5 Å². The van der Waals surface area contributed by atoms with Crippen molar-refractivity contribution in [3.8, 4) is 5.75 Å². The maximum Gasteiger partial charge on any atom is 0.338 e. The molecule has 1 N–H and O–H groups in total. The number of para-hydroxylation sites is 2. The van der Waals surface area contributed by atoms with Crippen LogP contribution in [0.5, 0.6) is 5.75 Å². The van der Waals surface area contributed by atoms with Crippen molar-refractivity contribution < 1.29 is 19.4 Å². The number of hydrogen-bond acceptors (Lipinski definition) is 4. The normalized spacial score (nSPS) is 12.5. The number of esters is 1. The summed E-state index contributed by atoms with van der Waals surface area (Å²) in [4.78, 5) is 26.9. The number of phenolic OH excluding ortho intramolecular Hbond substituents is 1. The molecular formula is C23H19NO4. The summed E-state index contributed by atoms with van der Waals surface area (Å²) in [7, 11) is 0. The number of anilines is 2. The highest BCUT2D eigenvalue weighted by atomic mass is 16.5. The quantitative estimate of drug-likeness (QED) is 0.705. The van der Waals surface area contributed by atoms with Crippen LogP contribution < -0.4 is 4.90 Å². The number of carbonyl (C=O) groups excluding carboxylic acids is 2. The second-order valence-corrected chi connectivity index (χ2v) is 6.61. The van der Waals surface area contributed by atoms with Crippen molar-refractivity contribution >= 4 is 23.3 Å². The predicted octanol–water partition coefficient (Wildman–Crippen LogP) is 4.01. The average molecular weight is 373 g/mol. The largest absolute Gasteiger partial charge is 0.508 e. The Morgan fingerprint density at radius 2 is 1.46 bits per heavy atom.